The Hall–Kier alpha value is -2.34. The van der Waals surface area contributed by atoms with Gasteiger partial charge in [-0.25, -0.2) is 8.42 Å². The quantitative estimate of drug-likeness (QED) is 0.826. The number of hydrogen-bond donors (Lipinski definition) is 0. The maximum Gasteiger partial charge on any atom is 0.232 e. The van der Waals surface area contributed by atoms with Crippen molar-refractivity contribution in [3.63, 3.8) is 0 Å². The van der Waals surface area contributed by atoms with Gasteiger partial charge >= 0.3 is 0 Å². The maximum absolute atomic E-state index is 12.7. The van der Waals surface area contributed by atoms with E-state index in [9.17, 15) is 13.2 Å². The molecule has 2 aromatic carbocycles. The smallest absolute Gasteiger partial charge is 0.232 e. The summed E-state index contributed by atoms with van der Waals surface area (Å²) in [6, 6.07) is 15.2. The zero-order valence-corrected chi connectivity index (χ0v) is 15.3. The number of benzene rings is 2. The minimum atomic E-state index is -3.46. The number of anilines is 2. The molecule has 2 aromatic rings. The van der Waals surface area contributed by atoms with Crippen molar-refractivity contribution in [1.82, 2.24) is 0 Å². The maximum atomic E-state index is 12.7. The number of sulfonamides is 1. The molecule has 0 bridgehead atoms. The highest BCUT2D eigenvalue weighted by molar-refractivity contribution is 7.92. The summed E-state index contributed by atoms with van der Waals surface area (Å²) in [4.78, 5) is 14.4. The fourth-order valence-corrected chi connectivity index (χ4v) is 4.22. The number of nitrogens with zero attached hydrogens (tertiary/aromatic N) is 2. The second-order valence-electron chi connectivity index (χ2n) is 6.30. The molecule has 0 saturated carbocycles. The molecule has 0 radical (unpaired) electrons. The number of rotatable bonds is 5. The minimum Gasteiger partial charge on any atom is -0.312 e. The van der Waals surface area contributed by atoms with E-state index in [2.05, 4.69) is 0 Å². The lowest BCUT2D eigenvalue weighted by Gasteiger charge is -2.25. The van der Waals surface area contributed by atoms with Gasteiger partial charge in [0.2, 0.25) is 15.9 Å². The molecule has 0 spiro atoms. The van der Waals surface area contributed by atoms with Crippen LogP contribution in [0.15, 0.2) is 48.5 Å². The predicted molar refractivity (Wildman–Crippen MR) is 100 cm³/mol. The summed E-state index contributed by atoms with van der Waals surface area (Å²) in [6.45, 7) is 2.66. The van der Waals surface area contributed by atoms with E-state index in [1.165, 1.54) is 10.6 Å². The molecule has 1 aliphatic rings. The van der Waals surface area contributed by atoms with E-state index >= 15 is 0 Å². The summed E-state index contributed by atoms with van der Waals surface area (Å²) in [5, 5.41) is 0. The third kappa shape index (κ3) is 3.69. The zero-order chi connectivity index (χ0) is 18.0. The summed E-state index contributed by atoms with van der Waals surface area (Å²) >= 11 is 0. The number of carbonyl (C=O) groups is 1. The van der Waals surface area contributed by atoms with Crippen molar-refractivity contribution in [2.45, 2.75) is 19.8 Å². The van der Waals surface area contributed by atoms with Gasteiger partial charge in [0.05, 0.1) is 11.9 Å². The molecule has 1 heterocycles. The molecular formula is C19H22N2O3S. The van der Waals surface area contributed by atoms with Gasteiger partial charge in [-0.1, -0.05) is 36.4 Å². The first kappa shape index (κ1) is 17.5. The lowest BCUT2D eigenvalue weighted by atomic mass is 10.2. The lowest BCUT2D eigenvalue weighted by Crippen LogP contribution is -2.36. The highest BCUT2D eigenvalue weighted by Gasteiger charge is 2.26. The molecule has 0 N–H and O–H groups in total. The normalized spacial score (nSPS) is 13.6. The predicted octanol–water partition coefficient (Wildman–Crippen LogP) is 2.74. The number of amides is 1. The van der Waals surface area contributed by atoms with Gasteiger partial charge in [0.1, 0.15) is 0 Å². The van der Waals surface area contributed by atoms with E-state index < -0.39 is 10.0 Å². The van der Waals surface area contributed by atoms with Crippen LogP contribution in [0.5, 0.6) is 0 Å². The van der Waals surface area contributed by atoms with Crippen LogP contribution >= 0.6 is 0 Å². The summed E-state index contributed by atoms with van der Waals surface area (Å²) in [5.41, 5.74) is 3.59. The van der Waals surface area contributed by atoms with Gasteiger partial charge in [-0.2, -0.15) is 0 Å². The van der Waals surface area contributed by atoms with Crippen LogP contribution in [0.4, 0.5) is 11.4 Å². The summed E-state index contributed by atoms with van der Waals surface area (Å²) < 4.78 is 25.8. The van der Waals surface area contributed by atoms with Crippen LogP contribution < -0.4 is 9.21 Å². The van der Waals surface area contributed by atoms with Gasteiger partial charge < -0.3 is 4.90 Å². The molecule has 0 unspecified atom stereocenters. The first-order valence-corrected chi connectivity index (χ1v) is 10.1. The first-order chi connectivity index (χ1) is 11.9. The third-order valence-corrected chi connectivity index (χ3v) is 5.68. The van der Waals surface area contributed by atoms with Crippen molar-refractivity contribution < 1.29 is 13.2 Å². The molecule has 25 heavy (non-hydrogen) atoms. The highest BCUT2D eigenvalue weighted by atomic mass is 32.2. The van der Waals surface area contributed by atoms with Crippen LogP contribution in [0.3, 0.4) is 0 Å². The molecule has 0 aliphatic carbocycles. The Morgan fingerprint density at radius 2 is 1.80 bits per heavy atom. The Kier molecular flexibility index (Phi) is 4.81. The van der Waals surface area contributed by atoms with Crippen molar-refractivity contribution in [3.05, 3.63) is 59.7 Å². The lowest BCUT2D eigenvalue weighted by molar-refractivity contribution is -0.118. The molecule has 3 rings (SSSR count). The van der Waals surface area contributed by atoms with Crippen LogP contribution in [0.25, 0.3) is 0 Å². The van der Waals surface area contributed by atoms with Crippen LogP contribution in [0.1, 0.15) is 17.5 Å². The summed E-state index contributed by atoms with van der Waals surface area (Å²) in [7, 11) is -3.46. The second kappa shape index (κ2) is 6.88. The van der Waals surface area contributed by atoms with E-state index in [1.807, 2.05) is 43.3 Å². The SMILES string of the molecule is Cc1ccccc1N(CCC(=O)N1CCc2ccccc21)S(C)(=O)=O. The van der Waals surface area contributed by atoms with Crippen LogP contribution in [0.2, 0.25) is 0 Å². The van der Waals surface area contributed by atoms with Gasteiger partial charge in [0.15, 0.2) is 0 Å². The molecule has 1 aliphatic heterocycles. The molecule has 6 heteroatoms. The summed E-state index contributed by atoms with van der Waals surface area (Å²) in [6.07, 6.45) is 2.17. The molecule has 0 aromatic heterocycles. The Labute approximate surface area is 148 Å². The van der Waals surface area contributed by atoms with Crippen molar-refractivity contribution in [2.24, 2.45) is 0 Å². The largest absolute Gasteiger partial charge is 0.312 e. The van der Waals surface area contributed by atoms with Crippen LogP contribution in [0, 0.1) is 6.92 Å². The van der Waals surface area contributed by atoms with E-state index in [0.717, 1.165) is 23.2 Å². The monoisotopic (exact) mass is 358 g/mol. The van der Waals surface area contributed by atoms with Crippen LogP contribution in [-0.2, 0) is 21.2 Å². The Balaban J connectivity index is 1.77. The van der Waals surface area contributed by atoms with E-state index in [4.69, 9.17) is 0 Å². The van der Waals surface area contributed by atoms with Crippen molar-refractivity contribution in [2.75, 3.05) is 28.6 Å². The van der Waals surface area contributed by atoms with Crippen LogP contribution in [-0.4, -0.2) is 33.7 Å². The van der Waals surface area contributed by atoms with E-state index in [0.29, 0.717) is 12.2 Å². The Bertz CT molecular complexity index is 893. The number of aryl methyl sites for hydroxylation is 1. The van der Waals surface area contributed by atoms with Gasteiger partial charge in [-0.15, -0.1) is 0 Å². The first-order valence-electron chi connectivity index (χ1n) is 8.29. The average molecular weight is 358 g/mol. The van der Waals surface area contributed by atoms with Crippen molar-refractivity contribution in [3.8, 4) is 0 Å². The van der Waals surface area contributed by atoms with Gasteiger partial charge in [0, 0.05) is 25.2 Å². The number of hydrogen-bond acceptors (Lipinski definition) is 3. The Morgan fingerprint density at radius 3 is 2.52 bits per heavy atom. The average Bonchev–Trinajstić information content (AvgIpc) is 2.99. The standard InChI is InChI=1S/C19H22N2O3S/c1-15-7-3-5-9-17(15)21(25(2,23)24)14-12-19(22)20-13-11-16-8-4-6-10-18(16)20/h3-10H,11-14H2,1-2H3. The second-order valence-corrected chi connectivity index (χ2v) is 8.20. The van der Waals surface area contributed by atoms with Gasteiger partial charge in [0.25, 0.3) is 0 Å². The van der Waals surface area contributed by atoms with Gasteiger partial charge in [-0.05, 0) is 36.6 Å². The third-order valence-electron chi connectivity index (χ3n) is 4.50. The van der Waals surface area contributed by atoms with Crippen molar-refractivity contribution >= 4 is 27.3 Å². The van der Waals surface area contributed by atoms with E-state index in [-0.39, 0.29) is 18.9 Å². The fourth-order valence-electron chi connectivity index (χ4n) is 3.24. The molecule has 1 amide bonds. The Morgan fingerprint density at radius 1 is 1.12 bits per heavy atom. The number of para-hydroxylation sites is 2. The topological polar surface area (TPSA) is 57.7 Å². The highest BCUT2D eigenvalue weighted by Crippen LogP contribution is 2.28. The minimum absolute atomic E-state index is 0.0489. The molecule has 0 fully saturated rings. The number of fused-ring (bicyclic) bond motifs is 1. The van der Waals surface area contributed by atoms with E-state index in [1.54, 1.807) is 17.0 Å². The molecule has 5 nitrogen and oxygen atoms in total. The number of carbonyl (C=O) groups excluding carboxylic acids is 1. The molecule has 0 saturated heterocycles. The summed E-state index contributed by atoms with van der Waals surface area (Å²) in [5.74, 6) is -0.0489. The molecular weight excluding hydrogens is 336 g/mol. The molecule has 0 atom stereocenters. The fraction of sp³-hybridized carbons (Fsp3) is 0.316. The van der Waals surface area contributed by atoms with Crippen molar-refractivity contribution in [1.29, 1.82) is 0 Å². The zero-order valence-electron chi connectivity index (χ0n) is 14.5. The van der Waals surface area contributed by atoms with Gasteiger partial charge in [-0.3, -0.25) is 9.10 Å². The molecule has 132 valence electrons.